The van der Waals surface area contributed by atoms with Gasteiger partial charge in [0.15, 0.2) is 0 Å². The second-order valence-corrected chi connectivity index (χ2v) is 4.49. The molecule has 0 atom stereocenters. The molecule has 0 amide bonds. The van der Waals surface area contributed by atoms with Gasteiger partial charge in [-0.3, -0.25) is 0 Å². The number of nitrogens with one attached hydrogen (secondary N) is 1. The molecule has 0 fully saturated rings. The first-order chi connectivity index (χ1) is 7.00. The minimum Gasteiger partial charge on any atom is -0.478 e. The van der Waals surface area contributed by atoms with Gasteiger partial charge < -0.3 is 10.4 Å². The quantitative estimate of drug-likeness (QED) is 0.656. The van der Waals surface area contributed by atoms with Gasteiger partial charge in [0.1, 0.15) is 0 Å². The Hall–Kier alpha value is -0.750. The van der Waals surface area contributed by atoms with Crippen molar-refractivity contribution < 1.29 is 9.90 Å². The number of carboxylic acid groups (broad SMARTS) is 1. The summed E-state index contributed by atoms with van der Waals surface area (Å²) in [4.78, 5) is 10.5. The van der Waals surface area contributed by atoms with E-state index in [0.29, 0.717) is 5.02 Å². The number of aliphatic carboxylic acids is 1. The third-order valence-corrected chi connectivity index (χ3v) is 2.85. The Morgan fingerprint density at radius 1 is 1.60 bits per heavy atom. The van der Waals surface area contributed by atoms with Crippen LogP contribution >= 0.6 is 34.2 Å². The summed E-state index contributed by atoms with van der Waals surface area (Å²) in [6.45, 7) is 3.64. The first kappa shape index (κ1) is 12.3. The van der Waals surface area contributed by atoms with E-state index in [2.05, 4.69) is 34.5 Å². The van der Waals surface area contributed by atoms with Crippen LogP contribution in [0.4, 0.5) is 5.69 Å². The molecule has 0 unspecified atom stereocenters. The highest BCUT2D eigenvalue weighted by molar-refractivity contribution is 14.1. The predicted octanol–water partition coefficient (Wildman–Crippen LogP) is 3.00. The molecule has 0 aliphatic heterocycles. The zero-order chi connectivity index (χ0) is 11.4. The predicted molar refractivity (Wildman–Crippen MR) is 69.4 cm³/mol. The average molecular weight is 338 g/mol. The highest BCUT2D eigenvalue weighted by atomic mass is 127. The van der Waals surface area contributed by atoms with Gasteiger partial charge in [-0.25, -0.2) is 4.79 Å². The topological polar surface area (TPSA) is 49.3 Å². The second-order valence-electron chi connectivity index (χ2n) is 2.89. The molecule has 0 aliphatic carbocycles. The smallest absolute Gasteiger partial charge is 0.332 e. The average Bonchev–Trinajstić information content (AvgIpc) is 2.15. The maximum atomic E-state index is 10.5. The zero-order valence-corrected chi connectivity index (χ0v) is 10.7. The van der Waals surface area contributed by atoms with Gasteiger partial charge in [0, 0.05) is 26.4 Å². The van der Waals surface area contributed by atoms with E-state index in [4.69, 9.17) is 16.7 Å². The Morgan fingerprint density at radius 3 is 2.80 bits per heavy atom. The van der Waals surface area contributed by atoms with E-state index in [1.54, 1.807) is 18.2 Å². The Labute approximate surface area is 106 Å². The molecule has 80 valence electrons. The summed E-state index contributed by atoms with van der Waals surface area (Å²) < 4.78 is 0.943. The third-order valence-electron chi connectivity index (χ3n) is 1.73. The van der Waals surface area contributed by atoms with Crippen LogP contribution in [0, 0.1) is 3.57 Å². The van der Waals surface area contributed by atoms with Gasteiger partial charge in [0.25, 0.3) is 0 Å². The maximum absolute atomic E-state index is 10.5. The van der Waals surface area contributed by atoms with Crippen LogP contribution in [0.25, 0.3) is 0 Å². The van der Waals surface area contributed by atoms with E-state index >= 15 is 0 Å². The van der Waals surface area contributed by atoms with Crippen molar-refractivity contribution in [1.82, 2.24) is 0 Å². The highest BCUT2D eigenvalue weighted by Gasteiger charge is 2.05. The monoisotopic (exact) mass is 337 g/mol. The maximum Gasteiger partial charge on any atom is 0.332 e. The lowest BCUT2D eigenvalue weighted by atomic mass is 10.2. The van der Waals surface area contributed by atoms with E-state index in [-0.39, 0.29) is 12.1 Å². The molecule has 0 saturated carbocycles. The van der Waals surface area contributed by atoms with Gasteiger partial charge >= 0.3 is 5.97 Å². The van der Waals surface area contributed by atoms with Gasteiger partial charge in [-0.15, -0.1) is 0 Å². The number of hydrogen-bond acceptors (Lipinski definition) is 2. The second kappa shape index (κ2) is 5.37. The molecule has 1 aromatic rings. The van der Waals surface area contributed by atoms with Crippen LogP contribution in [-0.4, -0.2) is 17.6 Å². The van der Waals surface area contributed by atoms with Crippen molar-refractivity contribution in [3.05, 3.63) is 38.9 Å². The van der Waals surface area contributed by atoms with Crippen LogP contribution in [0.2, 0.25) is 5.02 Å². The molecule has 0 radical (unpaired) electrons. The van der Waals surface area contributed by atoms with Gasteiger partial charge in [-0.1, -0.05) is 18.2 Å². The summed E-state index contributed by atoms with van der Waals surface area (Å²) in [6, 6.07) is 5.35. The number of carboxylic acids is 1. The minimum atomic E-state index is -0.994. The Kier molecular flexibility index (Phi) is 4.41. The van der Waals surface area contributed by atoms with E-state index < -0.39 is 5.97 Å². The molecule has 3 nitrogen and oxygen atoms in total. The van der Waals surface area contributed by atoms with E-state index in [9.17, 15) is 4.79 Å². The molecular formula is C10H9ClINO2. The Morgan fingerprint density at radius 2 is 2.27 bits per heavy atom. The van der Waals surface area contributed by atoms with Crippen molar-refractivity contribution in [2.75, 3.05) is 11.9 Å². The fourth-order valence-electron chi connectivity index (χ4n) is 0.910. The molecule has 0 aromatic heterocycles. The van der Waals surface area contributed by atoms with Crippen molar-refractivity contribution in [3.8, 4) is 0 Å². The molecule has 0 spiro atoms. The van der Waals surface area contributed by atoms with Gasteiger partial charge in [0.2, 0.25) is 0 Å². The number of hydrogen-bond donors (Lipinski definition) is 2. The molecule has 0 bridgehead atoms. The molecule has 0 saturated heterocycles. The SMILES string of the molecule is C=C(CNc1ccc(Cl)cc1I)C(=O)O. The van der Waals surface area contributed by atoms with Gasteiger partial charge in [-0.2, -0.15) is 0 Å². The van der Waals surface area contributed by atoms with Crippen LogP contribution in [0.1, 0.15) is 0 Å². The molecule has 0 heterocycles. The third kappa shape index (κ3) is 3.71. The summed E-state index contributed by atoms with van der Waals surface area (Å²) in [6.07, 6.45) is 0. The van der Waals surface area contributed by atoms with Crippen molar-refractivity contribution in [2.24, 2.45) is 0 Å². The molecule has 1 rings (SSSR count). The van der Waals surface area contributed by atoms with E-state index in [1.165, 1.54) is 0 Å². The number of rotatable bonds is 4. The van der Waals surface area contributed by atoms with Gasteiger partial charge in [-0.05, 0) is 40.8 Å². The number of halogens is 2. The fraction of sp³-hybridized carbons (Fsp3) is 0.100. The van der Waals surface area contributed by atoms with Crippen LogP contribution in [0.3, 0.4) is 0 Å². The lowest BCUT2D eigenvalue weighted by molar-refractivity contribution is -0.132. The molecule has 15 heavy (non-hydrogen) atoms. The van der Waals surface area contributed by atoms with Crippen LogP contribution < -0.4 is 5.32 Å². The molecule has 2 N–H and O–H groups in total. The molecule has 1 aromatic carbocycles. The number of anilines is 1. The summed E-state index contributed by atoms with van der Waals surface area (Å²) in [5.74, 6) is -0.994. The Bertz CT molecular complexity index is 406. The van der Waals surface area contributed by atoms with Crippen LogP contribution in [0.15, 0.2) is 30.4 Å². The molecule has 5 heteroatoms. The van der Waals surface area contributed by atoms with E-state index in [0.717, 1.165) is 9.26 Å². The van der Waals surface area contributed by atoms with Crippen LogP contribution in [-0.2, 0) is 4.79 Å². The van der Waals surface area contributed by atoms with Crippen molar-refractivity contribution in [3.63, 3.8) is 0 Å². The standard InChI is InChI=1S/C10H9ClINO2/c1-6(10(14)15)5-13-9-3-2-7(11)4-8(9)12/h2-4,13H,1,5H2,(H,14,15). The lowest BCUT2D eigenvalue weighted by Gasteiger charge is -2.08. The van der Waals surface area contributed by atoms with Crippen molar-refractivity contribution in [1.29, 1.82) is 0 Å². The van der Waals surface area contributed by atoms with Gasteiger partial charge in [0.05, 0.1) is 0 Å². The summed E-state index contributed by atoms with van der Waals surface area (Å²) in [5.41, 5.74) is 0.975. The fourth-order valence-corrected chi connectivity index (χ4v) is 1.97. The normalized spacial score (nSPS) is 9.73. The largest absolute Gasteiger partial charge is 0.478 e. The summed E-state index contributed by atoms with van der Waals surface area (Å²) in [5, 5.41) is 12.2. The first-order valence-electron chi connectivity index (χ1n) is 4.10. The van der Waals surface area contributed by atoms with Crippen LogP contribution in [0.5, 0.6) is 0 Å². The number of carbonyl (C=O) groups is 1. The summed E-state index contributed by atoms with van der Waals surface area (Å²) in [7, 11) is 0. The minimum absolute atomic E-state index is 0.126. The Balaban J connectivity index is 2.66. The summed E-state index contributed by atoms with van der Waals surface area (Å²) >= 11 is 7.91. The zero-order valence-electron chi connectivity index (χ0n) is 7.76. The van der Waals surface area contributed by atoms with Crippen molar-refractivity contribution >= 4 is 45.8 Å². The van der Waals surface area contributed by atoms with Crippen molar-refractivity contribution in [2.45, 2.75) is 0 Å². The highest BCUT2D eigenvalue weighted by Crippen LogP contribution is 2.22. The first-order valence-corrected chi connectivity index (χ1v) is 5.56. The lowest BCUT2D eigenvalue weighted by Crippen LogP contribution is -2.11. The van der Waals surface area contributed by atoms with E-state index in [1.807, 2.05) is 0 Å². The molecule has 0 aliphatic rings. The molecular weight excluding hydrogens is 328 g/mol. The number of benzene rings is 1.